The molecular formula is C11H13BrN2O5S. The van der Waals surface area contributed by atoms with Gasteiger partial charge in [0.1, 0.15) is 0 Å². The van der Waals surface area contributed by atoms with Gasteiger partial charge < -0.3 is 5.11 Å². The molecule has 0 fully saturated rings. The van der Waals surface area contributed by atoms with E-state index in [4.69, 9.17) is 5.11 Å². The number of benzene rings is 1. The number of aliphatic hydroxyl groups excluding tert-OH is 1. The van der Waals surface area contributed by atoms with E-state index >= 15 is 0 Å². The summed E-state index contributed by atoms with van der Waals surface area (Å²) in [5.74, 6) is 0. The molecule has 1 N–H and O–H groups in total. The van der Waals surface area contributed by atoms with E-state index in [0.717, 1.165) is 10.4 Å². The van der Waals surface area contributed by atoms with Crippen molar-refractivity contribution in [3.63, 3.8) is 0 Å². The van der Waals surface area contributed by atoms with Crippen molar-refractivity contribution in [3.05, 3.63) is 45.4 Å². The molecule has 0 aliphatic carbocycles. The Hall–Kier alpha value is -1.29. The van der Waals surface area contributed by atoms with Crippen LogP contribution in [0.15, 0.2) is 40.2 Å². The van der Waals surface area contributed by atoms with E-state index < -0.39 is 32.1 Å². The van der Waals surface area contributed by atoms with Gasteiger partial charge in [-0.1, -0.05) is 22.0 Å². The first-order valence-corrected chi connectivity index (χ1v) is 7.73. The van der Waals surface area contributed by atoms with Gasteiger partial charge in [0, 0.05) is 23.6 Å². The fourth-order valence-electron chi connectivity index (χ4n) is 1.55. The van der Waals surface area contributed by atoms with Crippen molar-refractivity contribution in [2.75, 3.05) is 19.7 Å². The van der Waals surface area contributed by atoms with Crippen LogP contribution >= 0.6 is 15.9 Å². The molecule has 9 heteroatoms. The third-order valence-corrected chi connectivity index (χ3v) is 4.81. The SMILES string of the molecule is C=CCN(CCO)S(=O)(=O)c1cc(Br)ccc1[N+](=O)[O-]. The number of nitrogens with zero attached hydrogens (tertiary/aromatic N) is 2. The van der Waals surface area contributed by atoms with Crippen molar-refractivity contribution >= 4 is 31.6 Å². The zero-order valence-electron chi connectivity index (χ0n) is 10.4. The second-order valence-electron chi connectivity index (χ2n) is 3.74. The van der Waals surface area contributed by atoms with Gasteiger partial charge >= 0.3 is 0 Å². The maximum Gasteiger partial charge on any atom is 0.289 e. The van der Waals surface area contributed by atoms with Crippen LogP contribution in [-0.2, 0) is 10.0 Å². The fraction of sp³-hybridized carbons (Fsp3) is 0.273. The number of hydrogen-bond acceptors (Lipinski definition) is 5. The van der Waals surface area contributed by atoms with E-state index in [9.17, 15) is 18.5 Å². The zero-order valence-corrected chi connectivity index (χ0v) is 12.8. The lowest BCUT2D eigenvalue weighted by atomic mass is 10.3. The summed E-state index contributed by atoms with van der Waals surface area (Å²) in [5.41, 5.74) is -0.514. The van der Waals surface area contributed by atoms with Gasteiger partial charge in [-0.3, -0.25) is 10.1 Å². The molecule has 0 saturated heterocycles. The highest BCUT2D eigenvalue weighted by molar-refractivity contribution is 9.10. The third-order valence-electron chi connectivity index (χ3n) is 2.42. The van der Waals surface area contributed by atoms with Crippen LogP contribution in [-0.4, -0.2) is 42.4 Å². The third kappa shape index (κ3) is 3.63. The quantitative estimate of drug-likeness (QED) is 0.449. The van der Waals surface area contributed by atoms with Crippen LogP contribution in [0, 0.1) is 10.1 Å². The highest BCUT2D eigenvalue weighted by Crippen LogP contribution is 2.29. The zero-order chi connectivity index (χ0) is 15.3. The molecule has 0 aromatic heterocycles. The Morgan fingerprint density at radius 2 is 2.15 bits per heavy atom. The van der Waals surface area contributed by atoms with E-state index in [1.165, 1.54) is 18.2 Å². The Balaban J connectivity index is 3.42. The van der Waals surface area contributed by atoms with Crippen molar-refractivity contribution in [2.24, 2.45) is 0 Å². The minimum Gasteiger partial charge on any atom is -0.395 e. The molecular weight excluding hydrogens is 352 g/mol. The summed E-state index contributed by atoms with van der Waals surface area (Å²) in [6.07, 6.45) is 1.34. The Labute approximate surface area is 124 Å². The van der Waals surface area contributed by atoms with E-state index in [2.05, 4.69) is 22.5 Å². The summed E-state index contributed by atoms with van der Waals surface area (Å²) in [4.78, 5) is 9.77. The molecule has 0 amide bonds. The second-order valence-corrected chi connectivity index (χ2v) is 6.57. The molecule has 0 bridgehead atoms. The monoisotopic (exact) mass is 364 g/mol. The van der Waals surface area contributed by atoms with E-state index in [-0.39, 0.29) is 13.1 Å². The maximum atomic E-state index is 12.4. The van der Waals surface area contributed by atoms with E-state index in [1.54, 1.807) is 0 Å². The van der Waals surface area contributed by atoms with Gasteiger partial charge in [-0.15, -0.1) is 6.58 Å². The molecule has 0 unspecified atom stereocenters. The van der Waals surface area contributed by atoms with Crippen molar-refractivity contribution in [1.82, 2.24) is 4.31 Å². The number of nitro benzene ring substituents is 1. The van der Waals surface area contributed by atoms with Crippen LogP contribution in [0.3, 0.4) is 0 Å². The predicted octanol–water partition coefficient (Wildman–Crippen LogP) is 1.53. The molecule has 1 aromatic rings. The number of halogens is 1. The Morgan fingerprint density at radius 1 is 1.50 bits per heavy atom. The van der Waals surface area contributed by atoms with Crippen LogP contribution in [0.4, 0.5) is 5.69 Å². The minimum absolute atomic E-state index is 0.0490. The number of hydrogen-bond donors (Lipinski definition) is 1. The maximum absolute atomic E-state index is 12.4. The van der Waals surface area contributed by atoms with Crippen LogP contribution in [0.1, 0.15) is 0 Å². The van der Waals surface area contributed by atoms with Gasteiger partial charge in [-0.25, -0.2) is 8.42 Å². The molecule has 1 aromatic carbocycles. The van der Waals surface area contributed by atoms with Crippen molar-refractivity contribution in [2.45, 2.75) is 4.90 Å². The first-order valence-electron chi connectivity index (χ1n) is 5.50. The number of nitro groups is 1. The number of sulfonamides is 1. The second kappa shape index (κ2) is 6.93. The number of aliphatic hydroxyl groups is 1. The van der Waals surface area contributed by atoms with Gasteiger partial charge in [0.2, 0.25) is 10.0 Å². The molecule has 1 rings (SSSR count). The van der Waals surface area contributed by atoms with Crippen molar-refractivity contribution in [1.29, 1.82) is 0 Å². The molecule has 0 radical (unpaired) electrons. The number of rotatable bonds is 7. The van der Waals surface area contributed by atoms with Gasteiger partial charge in [-0.2, -0.15) is 4.31 Å². The highest BCUT2D eigenvalue weighted by Gasteiger charge is 2.31. The summed E-state index contributed by atoms with van der Waals surface area (Å²) < 4.78 is 26.2. The summed E-state index contributed by atoms with van der Waals surface area (Å²) in [6, 6.07) is 3.67. The summed E-state index contributed by atoms with van der Waals surface area (Å²) in [5, 5.41) is 19.9. The van der Waals surface area contributed by atoms with Gasteiger partial charge in [-0.05, 0) is 12.1 Å². The topological polar surface area (TPSA) is 101 Å². The molecule has 0 heterocycles. The lowest BCUT2D eigenvalue weighted by molar-refractivity contribution is -0.387. The smallest absolute Gasteiger partial charge is 0.289 e. The van der Waals surface area contributed by atoms with Crippen LogP contribution in [0.2, 0.25) is 0 Å². The molecule has 20 heavy (non-hydrogen) atoms. The molecule has 0 atom stereocenters. The average molecular weight is 365 g/mol. The van der Waals surface area contributed by atoms with Crippen LogP contribution in [0.5, 0.6) is 0 Å². The molecule has 0 saturated carbocycles. The van der Waals surface area contributed by atoms with Gasteiger partial charge in [0.05, 0.1) is 11.5 Å². The molecule has 0 spiro atoms. The Morgan fingerprint density at radius 3 is 2.65 bits per heavy atom. The van der Waals surface area contributed by atoms with Crippen molar-refractivity contribution in [3.8, 4) is 0 Å². The fourth-order valence-corrected chi connectivity index (χ4v) is 3.65. The first kappa shape index (κ1) is 16.8. The Kier molecular flexibility index (Phi) is 5.81. The molecule has 7 nitrogen and oxygen atoms in total. The molecule has 0 aliphatic rings. The predicted molar refractivity (Wildman–Crippen MR) is 76.8 cm³/mol. The normalized spacial score (nSPS) is 11.6. The first-order chi connectivity index (χ1) is 9.34. The summed E-state index contributed by atoms with van der Waals surface area (Å²) in [7, 11) is -4.09. The molecule has 110 valence electrons. The van der Waals surface area contributed by atoms with E-state index in [0.29, 0.717) is 4.47 Å². The van der Waals surface area contributed by atoms with Gasteiger partial charge in [0.15, 0.2) is 4.90 Å². The van der Waals surface area contributed by atoms with Crippen LogP contribution < -0.4 is 0 Å². The lowest BCUT2D eigenvalue weighted by Gasteiger charge is -2.19. The molecule has 0 aliphatic heterocycles. The average Bonchev–Trinajstić information content (AvgIpc) is 2.38. The minimum atomic E-state index is -4.09. The highest BCUT2D eigenvalue weighted by atomic mass is 79.9. The van der Waals surface area contributed by atoms with E-state index in [1.807, 2.05) is 0 Å². The van der Waals surface area contributed by atoms with Crippen LogP contribution in [0.25, 0.3) is 0 Å². The standard InChI is InChI=1S/C11H13BrN2O5S/c1-2-5-13(6-7-15)20(18,19)11-8-9(12)3-4-10(11)14(16)17/h2-4,8,15H,1,5-7H2. The Bertz CT molecular complexity index is 617. The summed E-state index contributed by atoms with van der Waals surface area (Å²) >= 11 is 3.09. The summed E-state index contributed by atoms with van der Waals surface area (Å²) in [6.45, 7) is 2.82. The lowest BCUT2D eigenvalue weighted by Crippen LogP contribution is -2.34. The largest absolute Gasteiger partial charge is 0.395 e. The van der Waals surface area contributed by atoms with Gasteiger partial charge in [0.25, 0.3) is 5.69 Å². The van der Waals surface area contributed by atoms with Crippen molar-refractivity contribution < 1.29 is 18.4 Å².